The lowest BCUT2D eigenvalue weighted by Gasteiger charge is -2.28. The molecule has 31 heavy (non-hydrogen) atoms. The van der Waals surface area contributed by atoms with Gasteiger partial charge in [0.15, 0.2) is 0 Å². The Labute approximate surface area is 181 Å². The van der Waals surface area contributed by atoms with E-state index in [9.17, 15) is 9.59 Å². The fraction of sp³-hybridized carbons (Fsp3) is 0.231. The summed E-state index contributed by atoms with van der Waals surface area (Å²) < 4.78 is 7.39. The highest BCUT2D eigenvalue weighted by Crippen LogP contribution is 2.42. The summed E-state index contributed by atoms with van der Waals surface area (Å²) in [5, 5.41) is 2.29. The summed E-state index contributed by atoms with van der Waals surface area (Å²) in [5.41, 5.74) is 2.53. The average Bonchev–Trinajstić information content (AvgIpc) is 2.78. The molecule has 0 saturated carbocycles. The molecule has 0 amide bonds. The van der Waals surface area contributed by atoms with Crippen LogP contribution in [0.4, 0.5) is 0 Å². The van der Waals surface area contributed by atoms with Gasteiger partial charge >= 0.3 is 5.69 Å². The van der Waals surface area contributed by atoms with E-state index >= 15 is 0 Å². The minimum atomic E-state index is -0.470. The smallest absolute Gasteiger partial charge is 0.332 e. The quantitative estimate of drug-likeness (QED) is 0.497. The summed E-state index contributed by atoms with van der Waals surface area (Å²) in [5.74, 6) is 0.795. The summed E-state index contributed by atoms with van der Waals surface area (Å²) in [6.45, 7) is 6.46. The Kier molecular flexibility index (Phi) is 5.27. The number of H-pyrrole nitrogens is 1. The lowest BCUT2D eigenvalue weighted by Crippen LogP contribution is -2.28. The first kappa shape index (κ1) is 20.7. The minimum Gasteiger partial charge on any atom is -0.496 e. The zero-order valence-electron chi connectivity index (χ0n) is 18.2. The number of methoxy groups -OCH3 is 1. The van der Waals surface area contributed by atoms with Crippen molar-refractivity contribution in [2.24, 2.45) is 0 Å². The van der Waals surface area contributed by atoms with Crippen molar-refractivity contribution in [3.8, 4) is 22.6 Å². The monoisotopic (exact) mass is 414 g/mol. The van der Waals surface area contributed by atoms with Gasteiger partial charge in [-0.3, -0.25) is 14.3 Å². The largest absolute Gasteiger partial charge is 0.496 e. The second kappa shape index (κ2) is 7.91. The SMILES string of the molecule is CCC(C)(C)c1cc(-n2ccc(=O)[nH]c2=O)cc(-c2ccc3ccccc3c2)c1OC. The van der Waals surface area contributed by atoms with Gasteiger partial charge in [0.05, 0.1) is 12.8 Å². The maximum absolute atomic E-state index is 12.5. The molecule has 0 radical (unpaired) electrons. The maximum atomic E-state index is 12.5. The van der Waals surface area contributed by atoms with E-state index in [2.05, 4.69) is 56.1 Å². The van der Waals surface area contributed by atoms with Gasteiger partial charge in [0.25, 0.3) is 5.56 Å². The highest BCUT2D eigenvalue weighted by atomic mass is 16.5. The molecule has 0 spiro atoms. The third-order valence-corrected chi connectivity index (χ3v) is 6.05. The van der Waals surface area contributed by atoms with Gasteiger partial charge in [-0.15, -0.1) is 0 Å². The van der Waals surface area contributed by atoms with Crippen molar-refractivity contribution >= 4 is 10.8 Å². The fourth-order valence-electron chi connectivity index (χ4n) is 3.86. The number of nitrogens with one attached hydrogen (secondary N) is 1. The Hall–Kier alpha value is -3.60. The number of rotatable bonds is 5. The molecule has 158 valence electrons. The summed E-state index contributed by atoms with van der Waals surface area (Å²) in [7, 11) is 1.68. The van der Waals surface area contributed by atoms with Gasteiger partial charge in [0.2, 0.25) is 0 Å². The maximum Gasteiger partial charge on any atom is 0.332 e. The highest BCUT2D eigenvalue weighted by molar-refractivity contribution is 5.89. The standard InChI is InChI=1S/C26H26N2O3/c1-5-26(2,3)22-16-20(28-13-12-23(29)27-25(28)30)15-21(24(22)31-4)19-11-10-17-8-6-7-9-18(17)14-19/h6-16H,5H2,1-4H3,(H,27,29,30). The van der Waals surface area contributed by atoms with Crippen LogP contribution in [0.3, 0.4) is 0 Å². The molecular weight excluding hydrogens is 388 g/mol. The van der Waals surface area contributed by atoms with Gasteiger partial charge in [0, 0.05) is 23.4 Å². The van der Waals surface area contributed by atoms with Gasteiger partial charge < -0.3 is 4.74 Å². The summed E-state index contributed by atoms with van der Waals surface area (Å²) >= 11 is 0. The van der Waals surface area contributed by atoms with Gasteiger partial charge in [-0.2, -0.15) is 0 Å². The van der Waals surface area contributed by atoms with E-state index < -0.39 is 11.2 Å². The second-order valence-electron chi connectivity index (χ2n) is 8.35. The van der Waals surface area contributed by atoms with Crippen molar-refractivity contribution in [1.82, 2.24) is 9.55 Å². The lowest BCUT2D eigenvalue weighted by molar-refractivity contribution is 0.390. The molecule has 1 N–H and O–H groups in total. The summed E-state index contributed by atoms with van der Waals surface area (Å²) in [4.78, 5) is 26.4. The van der Waals surface area contributed by atoms with Crippen molar-refractivity contribution in [3.63, 3.8) is 0 Å². The van der Waals surface area contributed by atoms with Crippen LogP contribution in [0.5, 0.6) is 5.75 Å². The molecule has 1 heterocycles. The first-order valence-corrected chi connectivity index (χ1v) is 10.4. The van der Waals surface area contributed by atoms with Crippen LogP contribution < -0.4 is 16.0 Å². The van der Waals surface area contributed by atoms with Crippen LogP contribution in [0.25, 0.3) is 27.6 Å². The first-order valence-electron chi connectivity index (χ1n) is 10.4. The van der Waals surface area contributed by atoms with Crippen LogP contribution in [0.1, 0.15) is 32.8 Å². The molecule has 0 unspecified atom stereocenters. The van der Waals surface area contributed by atoms with Crippen molar-refractivity contribution in [2.45, 2.75) is 32.6 Å². The molecule has 0 aliphatic rings. The van der Waals surface area contributed by atoms with Crippen molar-refractivity contribution in [2.75, 3.05) is 7.11 Å². The number of aromatic amines is 1. The first-order chi connectivity index (χ1) is 14.8. The zero-order chi connectivity index (χ0) is 22.2. The molecule has 4 aromatic rings. The van der Waals surface area contributed by atoms with Crippen LogP contribution in [0, 0.1) is 0 Å². The molecule has 0 aliphatic carbocycles. The third kappa shape index (κ3) is 3.79. The van der Waals surface area contributed by atoms with Crippen LogP contribution in [-0.2, 0) is 5.41 Å². The summed E-state index contributed by atoms with van der Waals surface area (Å²) in [6, 6.07) is 19.8. The molecule has 4 rings (SSSR count). The van der Waals surface area contributed by atoms with Crippen molar-refractivity contribution in [3.05, 3.63) is 93.3 Å². The van der Waals surface area contributed by atoms with E-state index in [1.807, 2.05) is 24.3 Å². The lowest BCUT2D eigenvalue weighted by atomic mass is 9.79. The number of hydrogen-bond donors (Lipinski definition) is 1. The number of fused-ring (bicyclic) bond motifs is 1. The predicted molar refractivity (Wildman–Crippen MR) is 125 cm³/mol. The van der Waals surface area contributed by atoms with E-state index in [1.165, 1.54) is 16.8 Å². The number of hydrogen-bond acceptors (Lipinski definition) is 3. The van der Waals surface area contributed by atoms with Crippen LogP contribution in [0.2, 0.25) is 0 Å². The number of ether oxygens (including phenoxy) is 1. The van der Waals surface area contributed by atoms with Crippen LogP contribution >= 0.6 is 0 Å². The topological polar surface area (TPSA) is 64.1 Å². The van der Waals surface area contributed by atoms with E-state index in [1.54, 1.807) is 7.11 Å². The van der Waals surface area contributed by atoms with Crippen LogP contribution in [-0.4, -0.2) is 16.7 Å². The molecule has 0 bridgehead atoms. The fourth-order valence-corrected chi connectivity index (χ4v) is 3.86. The molecule has 5 nitrogen and oxygen atoms in total. The molecule has 0 aliphatic heterocycles. The van der Waals surface area contributed by atoms with Gasteiger partial charge in [-0.25, -0.2) is 4.79 Å². The Morgan fingerprint density at radius 2 is 1.71 bits per heavy atom. The number of nitrogens with zero attached hydrogens (tertiary/aromatic N) is 1. The molecule has 1 aromatic heterocycles. The van der Waals surface area contributed by atoms with Crippen molar-refractivity contribution < 1.29 is 4.74 Å². The molecule has 5 heteroatoms. The Balaban J connectivity index is 2.05. The highest BCUT2D eigenvalue weighted by Gasteiger charge is 2.26. The number of aromatic nitrogens is 2. The van der Waals surface area contributed by atoms with E-state index in [4.69, 9.17) is 4.74 Å². The molecule has 3 aromatic carbocycles. The van der Waals surface area contributed by atoms with E-state index in [0.29, 0.717) is 5.69 Å². The van der Waals surface area contributed by atoms with E-state index in [-0.39, 0.29) is 5.41 Å². The Bertz CT molecular complexity index is 1380. The normalized spacial score (nSPS) is 11.6. The van der Waals surface area contributed by atoms with Gasteiger partial charge in [-0.1, -0.05) is 57.2 Å². The predicted octanol–water partition coefficient (Wildman–Crippen LogP) is 5.04. The Morgan fingerprint density at radius 3 is 2.39 bits per heavy atom. The second-order valence-corrected chi connectivity index (χ2v) is 8.35. The molecule has 0 fully saturated rings. The van der Waals surface area contributed by atoms with Crippen molar-refractivity contribution in [1.29, 1.82) is 0 Å². The van der Waals surface area contributed by atoms with Gasteiger partial charge in [-0.05, 0) is 46.4 Å². The molecule has 0 atom stereocenters. The van der Waals surface area contributed by atoms with Crippen LogP contribution in [0.15, 0.2) is 76.4 Å². The van der Waals surface area contributed by atoms with Gasteiger partial charge in [0.1, 0.15) is 5.75 Å². The Morgan fingerprint density at radius 1 is 0.968 bits per heavy atom. The number of benzene rings is 3. The molecular formula is C26H26N2O3. The summed E-state index contributed by atoms with van der Waals surface area (Å²) in [6.07, 6.45) is 2.40. The van der Waals surface area contributed by atoms with E-state index in [0.717, 1.165) is 39.6 Å². The zero-order valence-corrected chi connectivity index (χ0v) is 18.2. The molecule has 0 saturated heterocycles. The minimum absolute atomic E-state index is 0.182. The average molecular weight is 415 g/mol. The third-order valence-electron chi connectivity index (χ3n) is 6.05.